The molecule has 0 radical (unpaired) electrons. The van der Waals surface area contributed by atoms with Crippen molar-refractivity contribution in [3.63, 3.8) is 0 Å². The summed E-state index contributed by atoms with van der Waals surface area (Å²) in [7, 11) is 0. The zero-order valence-corrected chi connectivity index (χ0v) is 20.2. The largest absolute Gasteiger partial charge is 0.465 e. The maximum Gasteiger partial charge on any atom is 0.308 e. The van der Waals surface area contributed by atoms with Crippen LogP contribution in [0.5, 0.6) is 0 Å². The summed E-state index contributed by atoms with van der Waals surface area (Å²) in [4.78, 5) is 14.7. The number of aliphatic hydroxyl groups is 1. The Morgan fingerprint density at radius 3 is 2.03 bits per heavy atom. The first-order valence-corrected chi connectivity index (χ1v) is 12.9. The lowest BCUT2D eigenvalue weighted by Gasteiger charge is -2.20. The average Bonchev–Trinajstić information content (AvgIpc) is 2.74. The minimum Gasteiger partial charge on any atom is -0.465 e. The fourth-order valence-corrected chi connectivity index (χ4v) is 3.92. The molecule has 0 aliphatic carbocycles. The van der Waals surface area contributed by atoms with Crippen LogP contribution < -0.4 is 5.73 Å². The summed E-state index contributed by atoms with van der Waals surface area (Å²) in [5, 5.41) is 9.05. The zero-order valence-electron chi connectivity index (χ0n) is 20.2. The lowest BCUT2D eigenvalue weighted by Crippen LogP contribution is -2.32. The minimum atomic E-state index is 0.0462. The number of nitrogens with two attached hydrogens (primary N) is 1. The highest BCUT2D eigenvalue weighted by Crippen LogP contribution is 2.19. The van der Waals surface area contributed by atoms with E-state index in [0.29, 0.717) is 13.2 Å². The van der Waals surface area contributed by atoms with Crippen LogP contribution >= 0.6 is 0 Å². The van der Waals surface area contributed by atoms with Crippen molar-refractivity contribution in [3.05, 3.63) is 0 Å². The predicted molar refractivity (Wildman–Crippen MR) is 128 cm³/mol. The van der Waals surface area contributed by atoms with Gasteiger partial charge in [-0.3, -0.25) is 9.69 Å². The van der Waals surface area contributed by atoms with Crippen molar-refractivity contribution in [3.8, 4) is 0 Å². The van der Waals surface area contributed by atoms with E-state index in [1.54, 1.807) is 0 Å². The van der Waals surface area contributed by atoms with Gasteiger partial charge in [-0.1, -0.05) is 84.5 Å². The van der Waals surface area contributed by atoms with Gasteiger partial charge < -0.3 is 15.6 Å². The van der Waals surface area contributed by atoms with Gasteiger partial charge in [0.1, 0.15) is 0 Å². The third kappa shape index (κ3) is 18.1. The Hall–Kier alpha value is -0.650. The Labute approximate surface area is 187 Å². The van der Waals surface area contributed by atoms with Crippen LogP contribution in [0.15, 0.2) is 0 Å². The zero-order chi connectivity index (χ0) is 22.3. The lowest BCUT2D eigenvalue weighted by atomic mass is 9.95. The Bertz CT molecular complexity index is 360. The summed E-state index contributed by atoms with van der Waals surface area (Å²) < 4.78 is 5.60. The number of unbranched alkanes of at least 4 members (excludes halogenated alkanes) is 10. The maximum atomic E-state index is 12.4. The van der Waals surface area contributed by atoms with Crippen LogP contribution in [-0.4, -0.2) is 55.4 Å². The molecule has 5 nitrogen and oxygen atoms in total. The molecule has 0 aliphatic rings. The van der Waals surface area contributed by atoms with Crippen LogP contribution in [0.1, 0.15) is 110 Å². The van der Waals surface area contributed by atoms with Crippen LogP contribution in [0.4, 0.5) is 0 Å². The number of ether oxygens (including phenoxy) is 1. The normalized spacial score (nSPS) is 12.4. The summed E-state index contributed by atoms with van der Waals surface area (Å²) in [6.07, 6.45) is 17.4. The molecule has 0 fully saturated rings. The average molecular weight is 429 g/mol. The van der Waals surface area contributed by atoms with Crippen molar-refractivity contribution < 1.29 is 14.6 Å². The van der Waals surface area contributed by atoms with Gasteiger partial charge in [0.2, 0.25) is 0 Å². The summed E-state index contributed by atoms with van der Waals surface area (Å²) in [5.41, 5.74) is 5.60. The topological polar surface area (TPSA) is 75.8 Å². The van der Waals surface area contributed by atoms with Gasteiger partial charge in [-0.05, 0) is 32.2 Å². The molecule has 1 atom stereocenters. The highest BCUT2D eigenvalue weighted by Gasteiger charge is 2.18. The van der Waals surface area contributed by atoms with Crippen LogP contribution in [0.3, 0.4) is 0 Å². The molecular formula is C25H52N2O3. The molecule has 180 valence electrons. The van der Waals surface area contributed by atoms with Crippen LogP contribution in [0.2, 0.25) is 0 Å². The molecule has 1 unspecified atom stereocenters. The molecule has 0 aromatic carbocycles. The first kappa shape index (κ1) is 29.4. The summed E-state index contributed by atoms with van der Waals surface area (Å²) in [6, 6.07) is 0. The van der Waals surface area contributed by atoms with E-state index in [2.05, 4.69) is 18.7 Å². The second-order valence-electron chi connectivity index (χ2n) is 8.68. The Kier molecular flexibility index (Phi) is 22.5. The van der Waals surface area contributed by atoms with E-state index in [4.69, 9.17) is 15.6 Å². The van der Waals surface area contributed by atoms with E-state index in [-0.39, 0.29) is 18.5 Å². The lowest BCUT2D eigenvalue weighted by molar-refractivity contribution is -0.149. The van der Waals surface area contributed by atoms with Crippen LogP contribution in [-0.2, 0) is 9.53 Å². The van der Waals surface area contributed by atoms with Crippen molar-refractivity contribution in [1.29, 1.82) is 0 Å². The van der Waals surface area contributed by atoms with E-state index in [9.17, 15) is 4.79 Å². The highest BCUT2D eigenvalue weighted by molar-refractivity contribution is 5.72. The fraction of sp³-hybridized carbons (Fsp3) is 0.960. The molecule has 0 aliphatic heterocycles. The molecule has 0 spiro atoms. The second-order valence-corrected chi connectivity index (χ2v) is 8.68. The molecule has 0 heterocycles. The Morgan fingerprint density at radius 2 is 1.40 bits per heavy atom. The van der Waals surface area contributed by atoms with Gasteiger partial charge >= 0.3 is 5.97 Å². The van der Waals surface area contributed by atoms with Gasteiger partial charge in [-0.15, -0.1) is 0 Å². The second kappa shape index (κ2) is 23.0. The van der Waals surface area contributed by atoms with E-state index in [1.165, 1.54) is 51.4 Å². The Balaban J connectivity index is 3.70. The van der Waals surface area contributed by atoms with Gasteiger partial charge in [0, 0.05) is 19.6 Å². The maximum absolute atomic E-state index is 12.4. The van der Waals surface area contributed by atoms with Crippen LogP contribution in [0.25, 0.3) is 0 Å². The van der Waals surface area contributed by atoms with Crippen molar-refractivity contribution in [2.75, 3.05) is 39.4 Å². The van der Waals surface area contributed by atoms with Gasteiger partial charge in [0.15, 0.2) is 0 Å². The van der Waals surface area contributed by atoms with Gasteiger partial charge in [-0.25, -0.2) is 0 Å². The highest BCUT2D eigenvalue weighted by atomic mass is 16.5. The van der Waals surface area contributed by atoms with Crippen molar-refractivity contribution in [2.45, 2.75) is 110 Å². The molecule has 0 bridgehead atoms. The van der Waals surface area contributed by atoms with Gasteiger partial charge in [0.25, 0.3) is 0 Å². The summed E-state index contributed by atoms with van der Waals surface area (Å²) in [5.74, 6) is 0.163. The SMILES string of the molecule is CCCCCCC(CCCC)C(=O)OCCCCCCCCCN(CCN)CCO. The van der Waals surface area contributed by atoms with E-state index >= 15 is 0 Å². The molecule has 0 aromatic heterocycles. The van der Waals surface area contributed by atoms with Crippen molar-refractivity contribution in [2.24, 2.45) is 11.7 Å². The third-order valence-electron chi connectivity index (χ3n) is 5.87. The number of hydrogen-bond acceptors (Lipinski definition) is 5. The number of aliphatic hydroxyl groups excluding tert-OH is 1. The number of nitrogens with zero attached hydrogens (tertiary/aromatic N) is 1. The molecule has 0 rings (SSSR count). The molecular weight excluding hydrogens is 376 g/mol. The molecule has 0 aromatic rings. The monoisotopic (exact) mass is 428 g/mol. The van der Waals surface area contributed by atoms with E-state index < -0.39 is 0 Å². The third-order valence-corrected chi connectivity index (χ3v) is 5.87. The fourth-order valence-electron chi connectivity index (χ4n) is 3.92. The number of rotatable bonds is 23. The summed E-state index contributed by atoms with van der Waals surface area (Å²) >= 11 is 0. The first-order valence-electron chi connectivity index (χ1n) is 12.9. The number of hydrogen-bond donors (Lipinski definition) is 2. The Morgan fingerprint density at radius 1 is 0.800 bits per heavy atom. The first-order chi connectivity index (χ1) is 14.7. The van der Waals surface area contributed by atoms with Crippen molar-refractivity contribution >= 4 is 5.97 Å². The molecule has 30 heavy (non-hydrogen) atoms. The smallest absolute Gasteiger partial charge is 0.308 e. The standard InChI is InChI=1S/C25H52N2O3/c1-3-5-7-13-17-24(16-6-4-2)25(29)30-23-15-12-10-8-9-11-14-19-27(20-18-26)21-22-28/h24,28H,3-23,26H2,1-2H3. The number of carbonyl (C=O) groups is 1. The molecule has 0 saturated carbocycles. The van der Waals surface area contributed by atoms with Crippen molar-refractivity contribution in [1.82, 2.24) is 4.90 Å². The molecule has 5 heteroatoms. The minimum absolute atomic E-state index is 0.0462. The quantitative estimate of drug-likeness (QED) is 0.171. The van der Waals surface area contributed by atoms with Crippen LogP contribution in [0, 0.1) is 5.92 Å². The molecule has 0 amide bonds. The number of esters is 1. The predicted octanol–water partition coefficient (Wildman–Crippen LogP) is 5.29. The number of carbonyl (C=O) groups excluding carboxylic acids is 1. The van der Waals surface area contributed by atoms with E-state index in [1.807, 2.05) is 0 Å². The van der Waals surface area contributed by atoms with Gasteiger partial charge in [0.05, 0.1) is 19.1 Å². The van der Waals surface area contributed by atoms with Gasteiger partial charge in [-0.2, -0.15) is 0 Å². The molecule has 0 saturated heterocycles. The molecule has 3 N–H and O–H groups in total. The van der Waals surface area contributed by atoms with E-state index in [0.717, 1.165) is 64.6 Å². The summed E-state index contributed by atoms with van der Waals surface area (Å²) in [6.45, 7) is 8.50.